The van der Waals surface area contributed by atoms with E-state index < -0.39 is 0 Å². The third-order valence-electron chi connectivity index (χ3n) is 3.69. The van der Waals surface area contributed by atoms with Crippen molar-refractivity contribution < 1.29 is 0 Å². The zero-order chi connectivity index (χ0) is 15.1. The second kappa shape index (κ2) is 8.20. The molecule has 0 bridgehead atoms. The highest BCUT2D eigenvalue weighted by Gasteiger charge is 2.04. The van der Waals surface area contributed by atoms with Crippen LogP contribution in [-0.2, 0) is 0 Å². The Morgan fingerprint density at radius 2 is 1.71 bits per heavy atom. The number of halogens is 1. The maximum Gasteiger partial charge on any atom is 0.0363 e. The summed E-state index contributed by atoms with van der Waals surface area (Å²) in [6.45, 7) is 4.29. The quantitative estimate of drug-likeness (QED) is 0.735. The summed E-state index contributed by atoms with van der Waals surface area (Å²) in [4.78, 5) is 2.30. The summed E-state index contributed by atoms with van der Waals surface area (Å²) in [6.07, 6.45) is 1.13. The van der Waals surface area contributed by atoms with E-state index in [0.717, 1.165) is 24.0 Å². The molecule has 2 aromatic carbocycles. The average molecular weight is 347 g/mol. The van der Waals surface area contributed by atoms with Crippen LogP contribution in [0.25, 0.3) is 0 Å². The van der Waals surface area contributed by atoms with Crippen molar-refractivity contribution in [2.75, 3.05) is 25.0 Å². The molecule has 0 aliphatic carbocycles. The number of hydrogen-bond donors (Lipinski definition) is 1. The molecule has 1 atom stereocenters. The van der Waals surface area contributed by atoms with Gasteiger partial charge in [-0.1, -0.05) is 46.3 Å². The fraction of sp³-hybridized carbons (Fsp3) is 0.333. The Labute approximate surface area is 136 Å². The molecule has 2 rings (SSSR count). The van der Waals surface area contributed by atoms with E-state index in [0.29, 0.717) is 6.04 Å². The Hall–Kier alpha value is -1.32. The molecule has 0 heterocycles. The van der Waals surface area contributed by atoms with Gasteiger partial charge in [-0.25, -0.2) is 0 Å². The molecule has 0 amide bonds. The first-order valence-electron chi connectivity index (χ1n) is 7.42. The third-order valence-corrected chi connectivity index (χ3v) is 4.22. The van der Waals surface area contributed by atoms with Gasteiger partial charge >= 0.3 is 0 Å². The van der Waals surface area contributed by atoms with Crippen LogP contribution in [0.5, 0.6) is 0 Å². The Bertz CT molecular complexity index is 525. The van der Waals surface area contributed by atoms with E-state index in [4.69, 9.17) is 0 Å². The van der Waals surface area contributed by atoms with Crippen LogP contribution in [0.2, 0.25) is 0 Å². The summed E-state index contributed by atoms with van der Waals surface area (Å²) in [6, 6.07) is 19.4. The van der Waals surface area contributed by atoms with Crippen molar-refractivity contribution in [3.8, 4) is 0 Å². The number of hydrogen-bond acceptors (Lipinski definition) is 2. The van der Waals surface area contributed by atoms with Crippen molar-refractivity contribution in [1.82, 2.24) is 5.32 Å². The Kier molecular flexibility index (Phi) is 6.27. The molecule has 0 saturated heterocycles. The molecule has 112 valence electrons. The highest BCUT2D eigenvalue weighted by Crippen LogP contribution is 2.16. The summed E-state index contributed by atoms with van der Waals surface area (Å²) in [5.74, 6) is 0. The number of benzene rings is 2. The predicted octanol–water partition coefficient (Wildman–Crippen LogP) is 4.63. The van der Waals surface area contributed by atoms with E-state index in [2.05, 4.69) is 94.7 Å². The minimum absolute atomic E-state index is 0.389. The van der Waals surface area contributed by atoms with Crippen molar-refractivity contribution in [2.24, 2.45) is 0 Å². The van der Waals surface area contributed by atoms with E-state index in [1.807, 2.05) is 0 Å². The number of rotatable bonds is 7. The average Bonchev–Trinajstić information content (AvgIpc) is 2.52. The third kappa shape index (κ3) is 5.18. The van der Waals surface area contributed by atoms with Crippen molar-refractivity contribution in [2.45, 2.75) is 19.4 Å². The lowest BCUT2D eigenvalue weighted by Gasteiger charge is -2.20. The molecule has 0 aromatic heterocycles. The first-order valence-corrected chi connectivity index (χ1v) is 8.21. The number of anilines is 1. The summed E-state index contributed by atoms with van der Waals surface area (Å²) in [5, 5.41) is 3.58. The second-order valence-corrected chi connectivity index (χ2v) is 6.25. The summed E-state index contributed by atoms with van der Waals surface area (Å²) in [5.41, 5.74) is 2.60. The molecule has 0 radical (unpaired) electrons. The molecule has 3 heteroatoms. The van der Waals surface area contributed by atoms with Gasteiger partial charge in [0.2, 0.25) is 0 Å². The molecule has 1 N–H and O–H groups in total. The molecule has 0 saturated carbocycles. The second-order valence-electron chi connectivity index (χ2n) is 5.34. The van der Waals surface area contributed by atoms with Crippen LogP contribution in [0.1, 0.15) is 24.9 Å². The SMILES string of the molecule is CC(NCCCN(C)c1ccccc1)c1ccc(Br)cc1. The van der Waals surface area contributed by atoms with Gasteiger partial charge in [-0.15, -0.1) is 0 Å². The van der Waals surface area contributed by atoms with E-state index in [9.17, 15) is 0 Å². The normalized spacial score (nSPS) is 12.1. The van der Waals surface area contributed by atoms with Gasteiger partial charge in [-0.2, -0.15) is 0 Å². The number of para-hydroxylation sites is 1. The van der Waals surface area contributed by atoms with Crippen LogP contribution in [0.3, 0.4) is 0 Å². The summed E-state index contributed by atoms with van der Waals surface area (Å²) < 4.78 is 1.13. The van der Waals surface area contributed by atoms with Gasteiger partial charge in [0.05, 0.1) is 0 Å². The maximum absolute atomic E-state index is 3.58. The fourth-order valence-corrected chi connectivity index (χ4v) is 2.58. The van der Waals surface area contributed by atoms with Crippen molar-refractivity contribution >= 4 is 21.6 Å². The Balaban J connectivity index is 1.71. The largest absolute Gasteiger partial charge is 0.375 e. The van der Waals surface area contributed by atoms with Gasteiger partial charge in [0, 0.05) is 29.8 Å². The van der Waals surface area contributed by atoms with E-state index in [-0.39, 0.29) is 0 Å². The van der Waals surface area contributed by atoms with Gasteiger partial charge in [0.1, 0.15) is 0 Å². The summed E-state index contributed by atoms with van der Waals surface area (Å²) >= 11 is 3.47. The molecule has 0 aliphatic heterocycles. The fourth-order valence-electron chi connectivity index (χ4n) is 2.32. The molecule has 0 aliphatic rings. The van der Waals surface area contributed by atoms with Crippen LogP contribution in [0.15, 0.2) is 59.1 Å². The predicted molar refractivity (Wildman–Crippen MR) is 94.9 cm³/mol. The van der Waals surface area contributed by atoms with Crippen molar-refractivity contribution in [1.29, 1.82) is 0 Å². The van der Waals surface area contributed by atoms with Gasteiger partial charge < -0.3 is 10.2 Å². The minimum atomic E-state index is 0.389. The topological polar surface area (TPSA) is 15.3 Å². The highest BCUT2D eigenvalue weighted by atomic mass is 79.9. The molecule has 0 fully saturated rings. The van der Waals surface area contributed by atoms with E-state index >= 15 is 0 Å². The van der Waals surface area contributed by atoms with Crippen LogP contribution < -0.4 is 10.2 Å². The first-order chi connectivity index (χ1) is 10.2. The Morgan fingerprint density at radius 1 is 1.05 bits per heavy atom. The number of nitrogens with one attached hydrogen (secondary N) is 1. The van der Waals surface area contributed by atoms with Gasteiger partial charge in [-0.05, 0) is 49.7 Å². The lowest BCUT2D eigenvalue weighted by Crippen LogP contribution is -2.25. The molecule has 2 nitrogen and oxygen atoms in total. The van der Waals surface area contributed by atoms with Crippen LogP contribution in [0, 0.1) is 0 Å². The van der Waals surface area contributed by atoms with E-state index in [1.54, 1.807) is 0 Å². The number of nitrogens with zero attached hydrogens (tertiary/aromatic N) is 1. The standard InChI is InChI=1S/C18H23BrN2/c1-15(16-9-11-17(19)12-10-16)20-13-6-14-21(2)18-7-4-3-5-8-18/h3-5,7-12,15,20H,6,13-14H2,1-2H3. The molecule has 0 spiro atoms. The van der Waals surface area contributed by atoms with E-state index in [1.165, 1.54) is 11.3 Å². The zero-order valence-electron chi connectivity index (χ0n) is 12.7. The lowest BCUT2D eigenvalue weighted by molar-refractivity contribution is 0.558. The van der Waals surface area contributed by atoms with Gasteiger partial charge in [0.15, 0.2) is 0 Å². The molecule has 21 heavy (non-hydrogen) atoms. The van der Waals surface area contributed by atoms with Crippen molar-refractivity contribution in [3.05, 3.63) is 64.6 Å². The van der Waals surface area contributed by atoms with Crippen LogP contribution >= 0.6 is 15.9 Å². The molecule has 2 aromatic rings. The monoisotopic (exact) mass is 346 g/mol. The smallest absolute Gasteiger partial charge is 0.0363 e. The van der Waals surface area contributed by atoms with Crippen LogP contribution in [0.4, 0.5) is 5.69 Å². The zero-order valence-corrected chi connectivity index (χ0v) is 14.3. The Morgan fingerprint density at radius 3 is 2.38 bits per heavy atom. The lowest BCUT2D eigenvalue weighted by atomic mass is 10.1. The highest BCUT2D eigenvalue weighted by molar-refractivity contribution is 9.10. The van der Waals surface area contributed by atoms with Crippen LogP contribution in [-0.4, -0.2) is 20.1 Å². The van der Waals surface area contributed by atoms with Gasteiger partial charge in [0.25, 0.3) is 0 Å². The summed E-state index contributed by atoms with van der Waals surface area (Å²) in [7, 11) is 2.15. The van der Waals surface area contributed by atoms with Gasteiger partial charge in [-0.3, -0.25) is 0 Å². The first kappa shape index (κ1) is 16.1. The maximum atomic E-state index is 3.58. The van der Waals surface area contributed by atoms with Crippen molar-refractivity contribution in [3.63, 3.8) is 0 Å². The molecular weight excluding hydrogens is 324 g/mol. The minimum Gasteiger partial charge on any atom is -0.375 e. The molecular formula is C18H23BrN2. The molecule has 1 unspecified atom stereocenters.